The molecule has 1 unspecified atom stereocenters. The van der Waals surface area contributed by atoms with Crippen LogP contribution in [-0.4, -0.2) is 15.4 Å². The van der Waals surface area contributed by atoms with Gasteiger partial charge in [-0.25, -0.2) is 4.98 Å². The first kappa shape index (κ1) is 12.6. The van der Waals surface area contributed by atoms with Gasteiger partial charge in [0.25, 0.3) is 0 Å². The molecule has 94 valence electrons. The minimum atomic E-state index is 0.585. The third-order valence-corrected chi connectivity index (χ3v) is 3.79. The molecule has 0 amide bonds. The van der Waals surface area contributed by atoms with Crippen molar-refractivity contribution in [3.05, 3.63) is 23.5 Å². The summed E-state index contributed by atoms with van der Waals surface area (Å²) < 4.78 is 2.09. The summed E-state index contributed by atoms with van der Waals surface area (Å²) in [4.78, 5) is 5.64. The van der Waals surface area contributed by atoms with Crippen molar-refractivity contribution in [1.82, 2.24) is 14.7 Å². The summed E-state index contributed by atoms with van der Waals surface area (Å²) >= 11 is 1.68. The Bertz CT molecular complexity index is 418. The molecule has 0 bridgehead atoms. The maximum Gasteiger partial charge on any atom is 0.193 e. The minimum absolute atomic E-state index is 0.585. The van der Waals surface area contributed by atoms with Crippen LogP contribution in [-0.2, 0) is 6.54 Å². The van der Waals surface area contributed by atoms with E-state index in [1.807, 2.05) is 0 Å². The van der Waals surface area contributed by atoms with E-state index in [0.29, 0.717) is 6.04 Å². The normalized spacial score (nSPS) is 13.3. The predicted molar refractivity (Wildman–Crippen MR) is 73.5 cm³/mol. The average molecular weight is 251 g/mol. The van der Waals surface area contributed by atoms with Gasteiger partial charge in [0.15, 0.2) is 4.96 Å². The Labute approximate surface area is 107 Å². The molecule has 0 fully saturated rings. The van der Waals surface area contributed by atoms with Crippen LogP contribution in [0.2, 0.25) is 0 Å². The highest BCUT2D eigenvalue weighted by molar-refractivity contribution is 7.15. The lowest BCUT2D eigenvalue weighted by Crippen LogP contribution is -2.25. The molecule has 2 heterocycles. The number of hydrogen-bond donors (Lipinski definition) is 1. The molecule has 0 radical (unpaired) electrons. The molecule has 4 heteroatoms. The number of unbranched alkanes of at least 4 members (excludes halogenated alkanes) is 2. The lowest BCUT2D eigenvalue weighted by atomic mass is 10.1. The number of thiazole rings is 1. The van der Waals surface area contributed by atoms with Crippen molar-refractivity contribution in [2.75, 3.05) is 0 Å². The van der Waals surface area contributed by atoms with E-state index in [1.54, 1.807) is 11.3 Å². The molecule has 0 aliphatic heterocycles. The molecule has 2 aromatic rings. The van der Waals surface area contributed by atoms with Gasteiger partial charge in [-0.15, -0.1) is 11.3 Å². The van der Waals surface area contributed by atoms with Crippen LogP contribution < -0.4 is 5.32 Å². The largest absolute Gasteiger partial charge is 0.309 e. The van der Waals surface area contributed by atoms with Crippen LogP contribution in [0.5, 0.6) is 0 Å². The van der Waals surface area contributed by atoms with Crippen molar-refractivity contribution in [3.8, 4) is 0 Å². The van der Waals surface area contributed by atoms with Crippen molar-refractivity contribution in [2.45, 2.75) is 52.1 Å². The lowest BCUT2D eigenvalue weighted by molar-refractivity contribution is 0.485. The van der Waals surface area contributed by atoms with Crippen LogP contribution in [0.25, 0.3) is 4.96 Å². The summed E-state index contributed by atoms with van der Waals surface area (Å²) in [7, 11) is 0. The van der Waals surface area contributed by atoms with E-state index in [4.69, 9.17) is 0 Å². The van der Waals surface area contributed by atoms with Gasteiger partial charge in [0.1, 0.15) is 0 Å². The SMILES string of the molecule is CCCCCC(C)NCc1cn2ccsc2n1. The van der Waals surface area contributed by atoms with Crippen LogP contribution in [0.15, 0.2) is 17.8 Å². The van der Waals surface area contributed by atoms with E-state index < -0.39 is 0 Å². The molecule has 3 nitrogen and oxygen atoms in total. The molecule has 2 aromatic heterocycles. The van der Waals surface area contributed by atoms with Crippen molar-refractivity contribution in [3.63, 3.8) is 0 Å². The second kappa shape index (κ2) is 6.17. The topological polar surface area (TPSA) is 29.3 Å². The van der Waals surface area contributed by atoms with Crippen LogP contribution in [0, 0.1) is 0 Å². The highest BCUT2D eigenvalue weighted by Crippen LogP contribution is 2.11. The Morgan fingerprint density at radius 3 is 3.12 bits per heavy atom. The zero-order valence-corrected chi connectivity index (χ0v) is 11.5. The average Bonchev–Trinajstić information content (AvgIpc) is 2.86. The monoisotopic (exact) mass is 251 g/mol. The predicted octanol–water partition coefficient (Wildman–Crippen LogP) is 3.45. The summed E-state index contributed by atoms with van der Waals surface area (Å²) in [6.07, 6.45) is 9.38. The van der Waals surface area contributed by atoms with Gasteiger partial charge in [0, 0.05) is 30.4 Å². The second-order valence-corrected chi connectivity index (χ2v) is 5.48. The summed E-state index contributed by atoms with van der Waals surface area (Å²) in [6.45, 7) is 5.38. The zero-order chi connectivity index (χ0) is 12.1. The van der Waals surface area contributed by atoms with Gasteiger partial charge < -0.3 is 5.32 Å². The minimum Gasteiger partial charge on any atom is -0.309 e. The van der Waals surface area contributed by atoms with E-state index >= 15 is 0 Å². The molecular weight excluding hydrogens is 230 g/mol. The maximum absolute atomic E-state index is 4.56. The van der Waals surface area contributed by atoms with E-state index in [1.165, 1.54) is 25.7 Å². The van der Waals surface area contributed by atoms with E-state index in [9.17, 15) is 0 Å². The van der Waals surface area contributed by atoms with Crippen molar-refractivity contribution in [1.29, 1.82) is 0 Å². The Hall–Kier alpha value is -0.870. The lowest BCUT2D eigenvalue weighted by Gasteiger charge is -2.12. The van der Waals surface area contributed by atoms with Gasteiger partial charge in [-0.3, -0.25) is 4.40 Å². The van der Waals surface area contributed by atoms with Crippen LogP contribution in [0.1, 0.15) is 45.2 Å². The maximum atomic E-state index is 4.56. The van der Waals surface area contributed by atoms with Gasteiger partial charge in [-0.05, 0) is 13.3 Å². The molecule has 2 rings (SSSR count). The van der Waals surface area contributed by atoms with Crippen LogP contribution in [0.3, 0.4) is 0 Å². The fourth-order valence-electron chi connectivity index (χ4n) is 1.94. The molecule has 0 spiro atoms. The second-order valence-electron chi connectivity index (χ2n) is 4.60. The smallest absolute Gasteiger partial charge is 0.193 e. The Kier molecular flexibility index (Phi) is 4.57. The number of rotatable bonds is 7. The molecule has 0 saturated heterocycles. The standard InChI is InChI=1S/C13H21N3S/c1-3-4-5-6-11(2)14-9-12-10-16-7-8-17-13(16)15-12/h7-8,10-11,14H,3-6,9H2,1-2H3. The Morgan fingerprint density at radius 2 is 2.35 bits per heavy atom. The summed E-state index contributed by atoms with van der Waals surface area (Å²) in [6, 6.07) is 0.585. The molecule has 1 N–H and O–H groups in total. The van der Waals surface area contributed by atoms with E-state index in [0.717, 1.165) is 17.2 Å². The first-order valence-corrected chi connectivity index (χ1v) is 7.32. The first-order chi connectivity index (χ1) is 8.29. The molecule has 0 aliphatic rings. The Morgan fingerprint density at radius 1 is 1.47 bits per heavy atom. The van der Waals surface area contributed by atoms with E-state index in [2.05, 4.69) is 46.3 Å². The molecular formula is C13H21N3S. The summed E-state index contributed by atoms with van der Waals surface area (Å²) in [5.41, 5.74) is 1.14. The van der Waals surface area contributed by atoms with Gasteiger partial charge >= 0.3 is 0 Å². The van der Waals surface area contributed by atoms with Gasteiger partial charge in [-0.1, -0.05) is 26.2 Å². The molecule has 0 saturated carbocycles. The van der Waals surface area contributed by atoms with Gasteiger partial charge in [0.05, 0.1) is 5.69 Å². The number of hydrogen-bond acceptors (Lipinski definition) is 3. The molecule has 0 aromatic carbocycles. The number of imidazole rings is 1. The molecule has 1 atom stereocenters. The number of nitrogens with zero attached hydrogens (tertiary/aromatic N) is 2. The molecule has 17 heavy (non-hydrogen) atoms. The van der Waals surface area contributed by atoms with Crippen molar-refractivity contribution in [2.24, 2.45) is 0 Å². The van der Waals surface area contributed by atoms with Crippen molar-refractivity contribution < 1.29 is 0 Å². The first-order valence-electron chi connectivity index (χ1n) is 6.44. The highest BCUT2D eigenvalue weighted by atomic mass is 32.1. The fourth-order valence-corrected chi connectivity index (χ4v) is 2.66. The molecule has 0 aliphatic carbocycles. The quantitative estimate of drug-likeness (QED) is 0.764. The number of fused-ring (bicyclic) bond motifs is 1. The highest BCUT2D eigenvalue weighted by Gasteiger charge is 2.05. The fraction of sp³-hybridized carbons (Fsp3) is 0.615. The summed E-state index contributed by atoms with van der Waals surface area (Å²) in [5, 5.41) is 5.60. The number of nitrogens with one attached hydrogen (secondary N) is 1. The van der Waals surface area contributed by atoms with Crippen LogP contribution >= 0.6 is 11.3 Å². The third kappa shape index (κ3) is 3.54. The Balaban J connectivity index is 1.76. The van der Waals surface area contributed by atoms with Gasteiger partial charge in [0.2, 0.25) is 0 Å². The zero-order valence-electron chi connectivity index (χ0n) is 10.6. The number of aromatic nitrogens is 2. The van der Waals surface area contributed by atoms with E-state index in [-0.39, 0.29) is 0 Å². The third-order valence-electron chi connectivity index (χ3n) is 3.02. The van der Waals surface area contributed by atoms with Crippen molar-refractivity contribution >= 4 is 16.3 Å². The van der Waals surface area contributed by atoms with Gasteiger partial charge in [-0.2, -0.15) is 0 Å². The van der Waals surface area contributed by atoms with Crippen LogP contribution in [0.4, 0.5) is 0 Å². The summed E-state index contributed by atoms with van der Waals surface area (Å²) in [5.74, 6) is 0.